The van der Waals surface area contributed by atoms with Gasteiger partial charge < -0.3 is 10.2 Å². The van der Waals surface area contributed by atoms with Crippen LogP contribution in [0.5, 0.6) is 0 Å². The first kappa shape index (κ1) is 20.0. The van der Waals surface area contributed by atoms with Gasteiger partial charge in [-0.2, -0.15) is 0 Å². The average molecular weight is 389 g/mol. The number of sulfonamides is 1. The lowest BCUT2D eigenvalue weighted by atomic mass is 10.2. The Morgan fingerprint density at radius 2 is 1.80 bits per heavy atom. The van der Waals surface area contributed by atoms with Crippen molar-refractivity contribution >= 4 is 34.0 Å². The molecule has 1 aromatic rings. The Balaban J connectivity index is 0.00000225. The van der Waals surface area contributed by atoms with Crippen molar-refractivity contribution in [1.29, 1.82) is 0 Å². The summed E-state index contributed by atoms with van der Waals surface area (Å²) in [4.78, 5) is 17.0. The minimum absolute atomic E-state index is 0. The smallest absolute Gasteiger partial charge is 0.253 e. The third kappa shape index (κ3) is 5.31. The molecule has 1 atom stereocenters. The number of rotatable bonds is 4. The fourth-order valence-electron chi connectivity index (χ4n) is 3.35. The van der Waals surface area contributed by atoms with Crippen molar-refractivity contribution in [3.8, 4) is 0 Å². The molecule has 140 valence electrons. The Morgan fingerprint density at radius 1 is 1.16 bits per heavy atom. The number of nitrogens with one attached hydrogen (secondary N) is 2. The lowest BCUT2D eigenvalue weighted by molar-refractivity contribution is 0.0773. The van der Waals surface area contributed by atoms with E-state index >= 15 is 0 Å². The molecule has 2 saturated heterocycles. The Morgan fingerprint density at radius 3 is 2.40 bits per heavy atom. The number of carbonyl (C=O) groups is 1. The zero-order valence-corrected chi connectivity index (χ0v) is 15.9. The molecule has 0 radical (unpaired) electrons. The molecule has 0 aromatic heterocycles. The number of piperazine rings is 1. The second-order valence-corrected chi connectivity index (χ2v) is 8.18. The van der Waals surface area contributed by atoms with E-state index in [4.69, 9.17) is 0 Å². The van der Waals surface area contributed by atoms with E-state index in [9.17, 15) is 13.2 Å². The summed E-state index contributed by atoms with van der Waals surface area (Å²) >= 11 is 0. The first-order valence-electron chi connectivity index (χ1n) is 8.24. The van der Waals surface area contributed by atoms with E-state index < -0.39 is 10.0 Å². The fourth-order valence-corrected chi connectivity index (χ4v) is 3.91. The average Bonchev–Trinajstić information content (AvgIpc) is 3.04. The van der Waals surface area contributed by atoms with Crippen molar-refractivity contribution in [3.05, 3.63) is 29.8 Å². The summed E-state index contributed by atoms with van der Waals surface area (Å²) in [5.41, 5.74) is 1.06. The molecule has 7 nitrogen and oxygen atoms in total. The fraction of sp³-hybridized carbons (Fsp3) is 0.562. The molecule has 9 heteroatoms. The van der Waals surface area contributed by atoms with Gasteiger partial charge in [-0.05, 0) is 30.7 Å². The van der Waals surface area contributed by atoms with Gasteiger partial charge in [0.25, 0.3) is 5.91 Å². The largest absolute Gasteiger partial charge is 0.337 e. The predicted octanol–water partition coefficient (Wildman–Crippen LogP) is 0.600. The number of benzene rings is 1. The molecule has 25 heavy (non-hydrogen) atoms. The van der Waals surface area contributed by atoms with E-state index in [2.05, 4.69) is 14.9 Å². The SMILES string of the molecule is CS(=O)(=O)Nc1ccc(C(=O)N2CCC(N3CCNCC3)C2)cc1.Cl. The highest BCUT2D eigenvalue weighted by Gasteiger charge is 2.31. The molecular formula is C16H25ClN4O3S. The van der Waals surface area contributed by atoms with Crippen LogP contribution in [-0.4, -0.2) is 75.7 Å². The molecule has 0 bridgehead atoms. The van der Waals surface area contributed by atoms with Gasteiger partial charge in [0.15, 0.2) is 0 Å². The predicted molar refractivity (Wildman–Crippen MR) is 101 cm³/mol. The molecule has 2 fully saturated rings. The van der Waals surface area contributed by atoms with Gasteiger partial charge in [0, 0.05) is 56.6 Å². The summed E-state index contributed by atoms with van der Waals surface area (Å²) in [6.07, 6.45) is 2.12. The lowest BCUT2D eigenvalue weighted by Crippen LogP contribution is -2.49. The van der Waals surface area contributed by atoms with Gasteiger partial charge >= 0.3 is 0 Å². The zero-order chi connectivity index (χ0) is 17.2. The highest BCUT2D eigenvalue weighted by atomic mass is 35.5. The van der Waals surface area contributed by atoms with Gasteiger partial charge in [-0.1, -0.05) is 0 Å². The highest BCUT2D eigenvalue weighted by Crippen LogP contribution is 2.19. The Labute approximate surface area is 155 Å². The number of likely N-dealkylation sites (tertiary alicyclic amines) is 1. The number of anilines is 1. The maximum Gasteiger partial charge on any atom is 0.253 e. The number of hydrogen-bond acceptors (Lipinski definition) is 5. The monoisotopic (exact) mass is 388 g/mol. The maximum atomic E-state index is 12.6. The van der Waals surface area contributed by atoms with Crippen LogP contribution in [0.25, 0.3) is 0 Å². The van der Waals surface area contributed by atoms with Crippen LogP contribution in [-0.2, 0) is 10.0 Å². The van der Waals surface area contributed by atoms with Crippen molar-refractivity contribution in [2.45, 2.75) is 12.5 Å². The van der Waals surface area contributed by atoms with Gasteiger partial charge in [-0.3, -0.25) is 14.4 Å². The molecule has 1 amide bonds. The molecule has 2 aliphatic heterocycles. The van der Waals surface area contributed by atoms with Crippen LogP contribution in [0, 0.1) is 0 Å². The lowest BCUT2D eigenvalue weighted by Gasteiger charge is -2.32. The summed E-state index contributed by atoms with van der Waals surface area (Å²) < 4.78 is 24.8. The van der Waals surface area contributed by atoms with Crippen LogP contribution in [0.4, 0.5) is 5.69 Å². The Bertz CT molecular complexity index is 690. The quantitative estimate of drug-likeness (QED) is 0.789. The number of amides is 1. The van der Waals surface area contributed by atoms with Crippen LogP contribution < -0.4 is 10.0 Å². The van der Waals surface area contributed by atoms with Gasteiger partial charge in [0.05, 0.1) is 6.26 Å². The number of halogens is 1. The van der Waals surface area contributed by atoms with Crippen LogP contribution in [0.2, 0.25) is 0 Å². The van der Waals surface area contributed by atoms with Crippen LogP contribution in [0.3, 0.4) is 0 Å². The maximum absolute atomic E-state index is 12.6. The van der Waals surface area contributed by atoms with Crippen molar-refractivity contribution in [1.82, 2.24) is 15.1 Å². The van der Waals surface area contributed by atoms with Crippen LogP contribution in [0.15, 0.2) is 24.3 Å². The van der Waals surface area contributed by atoms with Gasteiger partial charge in [-0.15, -0.1) is 12.4 Å². The molecule has 2 N–H and O–H groups in total. The van der Waals surface area contributed by atoms with E-state index in [-0.39, 0.29) is 18.3 Å². The number of hydrogen-bond donors (Lipinski definition) is 2. The second-order valence-electron chi connectivity index (χ2n) is 6.43. The minimum atomic E-state index is -3.30. The molecule has 2 aliphatic rings. The van der Waals surface area contributed by atoms with E-state index in [1.807, 2.05) is 4.90 Å². The molecule has 1 unspecified atom stereocenters. The van der Waals surface area contributed by atoms with Crippen molar-refractivity contribution < 1.29 is 13.2 Å². The van der Waals surface area contributed by atoms with Crippen molar-refractivity contribution in [2.75, 3.05) is 50.2 Å². The standard InChI is InChI=1S/C16H24N4O3S.ClH/c1-24(22,23)18-14-4-2-13(3-5-14)16(21)20-9-6-15(12-20)19-10-7-17-8-11-19;/h2-5,15,17-18H,6-12H2,1H3;1H. The van der Waals surface area contributed by atoms with Gasteiger partial charge in [-0.25, -0.2) is 8.42 Å². The van der Waals surface area contributed by atoms with E-state index in [1.54, 1.807) is 24.3 Å². The highest BCUT2D eigenvalue weighted by molar-refractivity contribution is 7.92. The molecule has 1 aromatic carbocycles. The molecule has 3 rings (SSSR count). The van der Waals surface area contributed by atoms with Gasteiger partial charge in [0.2, 0.25) is 10.0 Å². The number of nitrogens with zero attached hydrogens (tertiary/aromatic N) is 2. The van der Waals surface area contributed by atoms with Crippen molar-refractivity contribution in [3.63, 3.8) is 0 Å². The summed E-state index contributed by atoms with van der Waals surface area (Å²) in [5.74, 6) is 0.0125. The van der Waals surface area contributed by atoms with E-state index in [1.165, 1.54) is 0 Å². The van der Waals surface area contributed by atoms with Crippen LogP contribution >= 0.6 is 12.4 Å². The first-order chi connectivity index (χ1) is 11.4. The normalized spacial score (nSPS) is 21.6. The summed E-state index contributed by atoms with van der Waals surface area (Å²) in [5, 5.41) is 3.35. The molecule has 0 saturated carbocycles. The van der Waals surface area contributed by atoms with Gasteiger partial charge in [0.1, 0.15) is 0 Å². The number of carbonyl (C=O) groups excluding carboxylic acids is 1. The molecule has 0 aliphatic carbocycles. The summed E-state index contributed by atoms with van der Waals surface area (Å²) in [6, 6.07) is 7.04. The minimum Gasteiger partial charge on any atom is -0.337 e. The molecule has 2 heterocycles. The van der Waals surface area contributed by atoms with E-state index in [0.717, 1.165) is 51.9 Å². The third-order valence-electron chi connectivity index (χ3n) is 4.55. The van der Waals surface area contributed by atoms with Crippen molar-refractivity contribution in [2.24, 2.45) is 0 Å². The Hall–Kier alpha value is -1.35. The third-order valence-corrected chi connectivity index (χ3v) is 5.16. The molecule has 0 spiro atoms. The summed E-state index contributed by atoms with van der Waals surface area (Å²) in [7, 11) is -3.30. The molecular weight excluding hydrogens is 364 g/mol. The van der Waals surface area contributed by atoms with E-state index in [0.29, 0.717) is 17.3 Å². The zero-order valence-electron chi connectivity index (χ0n) is 14.3. The second kappa shape index (κ2) is 8.35. The van der Waals surface area contributed by atoms with Crippen LogP contribution in [0.1, 0.15) is 16.8 Å². The Kier molecular flexibility index (Phi) is 6.67. The topological polar surface area (TPSA) is 81.8 Å². The first-order valence-corrected chi connectivity index (χ1v) is 10.1. The summed E-state index contributed by atoms with van der Waals surface area (Å²) in [6.45, 7) is 5.65.